The summed E-state index contributed by atoms with van der Waals surface area (Å²) in [6.07, 6.45) is 2.19. The molecule has 29 heavy (non-hydrogen) atoms. The van der Waals surface area contributed by atoms with Gasteiger partial charge in [0.25, 0.3) is 0 Å². The van der Waals surface area contributed by atoms with Crippen LogP contribution in [0.1, 0.15) is 16.7 Å². The number of fused-ring (bicyclic) bond motifs is 1. The van der Waals surface area contributed by atoms with Crippen molar-refractivity contribution in [2.24, 2.45) is 0 Å². The minimum Gasteiger partial charge on any atom is -0.497 e. The van der Waals surface area contributed by atoms with Crippen LogP contribution in [0.3, 0.4) is 0 Å². The predicted molar refractivity (Wildman–Crippen MR) is 119 cm³/mol. The molecule has 0 aromatic heterocycles. The van der Waals surface area contributed by atoms with E-state index >= 15 is 0 Å². The average Bonchev–Trinajstić information content (AvgIpc) is 3.21. The van der Waals surface area contributed by atoms with Crippen molar-refractivity contribution < 1.29 is 14.2 Å². The quantitative estimate of drug-likeness (QED) is 0.442. The van der Waals surface area contributed by atoms with Crippen LogP contribution in [0.25, 0.3) is 11.8 Å². The highest BCUT2D eigenvalue weighted by Gasteiger charge is 2.17. The van der Waals surface area contributed by atoms with Crippen molar-refractivity contribution in [1.82, 2.24) is 4.90 Å². The predicted octanol–water partition coefficient (Wildman–Crippen LogP) is 5.82. The van der Waals surface area contributed by atoms with Crippen LogP contribution in [0, 0.1) is 0 Å². The van der Waals surface area contributed by atoms with Crippen LogP contribution in [-0.2, 0) is 6.54 Å². The summed E-state index contributed by atoms with van der Waals surface area (Å²) in [6, 6.07) is 22.4. The molecule has 1 heterocycles. The first-order valence-corrected chi connectivity index (χ1v) is 10.1. The molecule has 0 atom stereocenters. The second-order valence-corrected chi connectivity index (χ2v) is 7.68. The molecule has 4 rings (SSSR count). The van der Waals surface area contributed by atoms with Gasteiger partial charge in [-0.25, -0.2) is 0 Å². The van der Waals surface area contributed by atoms with E-state index in [0.717, 1.165) is 45.1 Å². The summed E-state index contributed by atoms with van der Waals surface area (Å²) < 4.78 is 17.4. The molecule has 5 heteroatoms. The van der Waals surface area contributed by atoms with E-state index < -0.39 is 0 Å². The second kappa shape index (κ2) is 8.62. The molecule has 4 nitrogen and oxygen atoms in total. The third-order valence-corrected chi connectivity index (χ3v) is 5.58. The summed E-state index contributed by atoms with van der Waals surface area (Å²) in [5, 5.41) is 0. The van der Waals surface area contributed by atoms with Crippen molar-refractivity contribution >= 4 is 27.7 Å². The van der Waals surface area contributed by atoms with Crippen molar-refractivity contribution in [2.75, 3.05) is 21.0 Å². The molecule has 0 saturated carbocycles. The number of methoxy groups -OCH3 is 1. The van der Waals surface area contributed by atoms with E-state index in [1.54, 1.807) is 7.11 Å². The lowest BCUT2D eigenvalue weighted by molar-refractivity contribution is 0.174. The fourth-order valence-corrected chi connectivity index (χ4v) is 3.70. The monoisotopic (exact) mass is 451 g/mol. The third kappa shape index (κ3) is 4.40. The molecule has 0 bridgehead atoms. The summed E-state index contributed by atoms with van der Waals surface area (Å²) in [4.78, 5) is 2.23. The van der Waals surface area contributed by atoms with Crippen LogP contribution < -0.4 is 14.2 Å². The Morgan fingerprint density at radius 1 is 1.03 bits per heavy atom. The van der Waals surface area contributed by atoms with E-state index in [2.05, 4.69) is 58.2 Å². The van der Waals surface area contributed by atoms with Crippen LogP contribution in [0.5, 0.6) is 17.2 Å². The van der Waals surface area contributed by atoms with Crippen molar-refractivity contribution in [3.63, 3.8) is 0 Å². The maximum Gasteiger partial charge on any atom is 0.231 e. The molecule has 0 N–H and O–H groups in total. The fraction of sp³-hybridized carbons (Fsp3) is 0.167. The first kappa shape index (κ1) is 19.4. The normalized spacial score (nSPS) is 12.7. The number of benzene rings is 3. The highest BCUT2D eigenvalue weighted by Crippen LogP contribution is 2.36. The molecule has 0 spiro atoms. The summed E-state index contributed by atoms with van der Waals surface area (Å²) >= 11 is 3.66. The summed E-state index contributed by atoms with van der Waals surface area (Å²) in [5.74, 6) is 2.42. The SMILES string of the molecule is COc1ccc(CN(C)/C(=C/c2ccccc2Br)c2ccc3c(c2)OCO3)cc1. The Morgan fingerprint density at radius 3 is 2.55 bits per heavy atom. The highest BCUT2D eigenvalue weighted by molar-refractivity contribution is 9.10. The molecule has 3 aromatic carbocycles. The Labute approximate surface area is 179 Å². The molecule has 3 aromatic rings. The van der Waals surface area contributed by atoms with Gasteiger partial charge in [0.15, 0.2) is 11.5 Å². The van der Waals surface area contributed by atoms with Gasteiger partial charge in [0.05, 0.1) is 7.11 Å². The molecule has 0 aliphatic carbocycles. The molecule has 0 unspecified atom stereocenters. The Balaban J connectivity index is 1.70. The van der Waals surface area contributed by atoms with E-state index in [0.29, 0.717) is 0 Å². The zero-order valence-corrected chi connectivity index (χ0v) is 18.0. The Hall–Kier alpha value is -2.92. The van der Waals surface area contributed by atoms with E-state index in [1.165, 1.54) is 5.56 Å². The van der Waals surface area contributed by atoms with Crippen LogP contribution >= 0.6 is 15.9 Å². The molecular formula is C24H22BrNO3. The van der Waals surface area contributed by atoms with Gasteiger partial charge >= 0.3 is 0 Å². The van der Waals surface area contributed by atoms with E-state index in [-0.39, 0.29) is 6.79 Å². The minimum absolute atomic E-state index is 0.268. The first-order chi connectivity index (χ1) is 14.1. The van der Waals surface area contributed by atoms with Crippen molar-refractivity contribution in [2.45, 2.75) is 6.54 Å². The van der Waals surface area contributed by atoms with Gasteiger partial charge in [-0.15, -0.1) is 0 Å². The summed E-state index contributed by atoms with van der Waals surface area (Å²) in [6.45, 7) is 1.03. The van der Waals surface area contributed by atoms with Gasteiger partial charge in [-0.05, 0) is 53.6 Å². The summed E-state index contributed by atoms with van der Waals surface area (Å²) in [5.41, 5.74) is 4.47. The Kier molecular flexibility index (Phi) is 5.76. The van der Waals surface area contributed by atoms with E-state index in [9.17, 15) is 0 Å². The molecule has 0 amide bonds. The number of hydrogen-bond donors (Lipinski definition) is 0. The zero-order valence-electron chi connectivity index (χ0n) is 16.4. The lowest BCUT2D eigenvalue weighted by Gasteiger charge is -2.24. The van der Waals surface area contributed by atoms with Crippen molar-refractivity contribution in [3.8, 4) is 17.2 Å². The molecule has 0 saturated heterocycles. The van der Waals surface area contributed by atoms with Gasteiger partial charge in [-0.3, -0.25) is 0 Å². The lowest BCUT2D eigenvalue weighted by atomic mass is 10.1. The van der Waals surface area contributed by atoms with Crippen molar-refractivity contribution in [3.05, 3.63) is 87.9 Å². The van der Waals surface area contributed by atoms with Gasteiger partial charge in [0.1, 0.15) is 5.75 Å². The van der Waals surface area contributed by atoms with Crippen LogP contribution in [0.15, 0.2) is 71.2 Å². The average molecular weight is 452 g/mol. The van der Waals surface area contributed by atoms with E-state index in [4.69, 9.17) is 14.2 Å². The minimum atomic E-state index is 0.268. The molecule has 1 aliphatic heterocycles. The van der Waals surface area contributed by atoms with Gasteiger partial charge in [0, 0.05) is 29.3 Å². The first-order valence-electron chi connectivity index (χ1n) is 9.34. The second-order valence-electron chi connectivity index (χ2n) is 6.82. The summed E-state index contributed by atoms with van der Waals surface area (Å²) in [7, 11) is 3.77. The van der Waals surface area contributed by atoms with Gasteiger partial charge in [0.2, 0.25) is 6.79 Å². The Bertz CT molecular complexity index is 1030. The number of ether oxygens (including phenoxy) is 3. The number of rotatable bonds is 6. The molecule has 1 aliphatic rings. The Morgan fingerprint density at radius 2 is 1.79 bits per heavy atom. The van der Waals surface area contributed by atoms with Crippen LogP contribution in [0.2, 0.25) is 0 Å². The molecule has 0 fully saturated rings. The molecular weight excluding hydrogens is 430 g/mol. The maximum absolute atomic E-state index is 5.60. The lowest BCUT2D eigenvalue weighted by Crippen LogP contribution is -2.16. The van der Waals surface area contributed by atoms with Crippen LogP contribution in [0.4, 0.5) is 0 Å². The van der Waals surface area contributed by atoms with Crippen LogP contribution in [-0.4, -0.2) is 25.9 Å². The van der Waals surface area contributed by atoms with E-state index in [1.807, 2.05) is 42.5 Å². The number of hydrogen-bond acceptors (Lipinski definition) is 4. The maximum atomic E-state index is 5.60. The third-order valence-electron chi connectivity index (χ3n) is 4.86. The topological polar surface area (TPSA) is 30.9 Å². The zero-order chi connectivity index (χ0) is 20.2. The van der Waals surface area contributed by atoms with Crippen molar-refractivity contribution in [1.29, 1.82) is 0 Å². The van der Waals surface area contributed by atoms with Gasteiger partial charge in [-0.2, -0.15) is 0 Å². The van der Waals surface area contributed by atoms with Gasteiger partial charge in [-0.1, -0.05) is 46.3 Å². The standard InChI is InChI=1S/C24H22BrNO3/c1-26(15-17-7-10-20(27-2)11-8-17)22(13-18-5-3-4-6-21(18)25)19-9-12-23-24(14-19)29-16-28-23/h3-14H,15-16H2,1-2H3/b22-13+. The largest absolute Gasteiger partial charge is 0.497 e. The molecule has 0 radical (unpaired) electrons. The highest BCUT2D eigenvalue weighted by atomic mass is 79.9. The smallest absolute Gasteiger partial charge is 0.231 e. The van der Waals surface area contributed by atoms with Gasteiger partial charge < -0.3 is 19.1 Å². The molecule has 148 valence electrons. The number of halogens is 1. The fourth-order valence-electron chi connectivity index (χ4n) is 3.30. The number of nitrogens with zero attached hydrogens (tertiary/aromatic N) is 1.